The smallest absolute Gasteiger partial charge is 0.230 e. The van der Waals surface area contributed by atoms with E-state index >= 15 is 0 Å². The lowest BCUT2D eigenvalue weighted by Gasteiger charge is -2.35. The first kappa shape index (κ1) is 14.1. The highest BCUT2D eigenvalue weighted by Gasteiger charge is 2.31. The lowest BCUT2D eigenvalue weighted by Crippen LogP contribution is -2.42. The van der Waals surface area contributed by atoms with E-state index in [-0.39, 0.29) is 5.92 Å². The van der Waals surface area contributed by atoms with Gasteiger partial charge in [-0.3, -0.25) is 4.79 Å². The van der Waals surface area contributed by atoms with Gasteiger partial charge in [0.2, 0.25) is 5.91 Å². The SMILES string of the molecule is O=C(C1CCCc2ccccc21)N1CCC(CBr)CC1. The van der Waals surface area contributed by atoms with Crippen LogP contribution in [0.15, 0.2) is 24.3 Å². The summed E-state index contributed by atoms with van der Waals surface area (Å²) < 4.78 is 0. The molecule has 1 fully saturated rings. The molecule has 0 bridgehead atoms. The van der Waals surface area contributed by atoms with Gasteiger partial charge in [0.05, 0.1) is 5.92 Å². The summed E-state index contributed by atoms with van der Waals surface area (Å²) in [5, 5.41) is 1.07. The molecular formula is C17H22BrNO. The average Bonchev–Trinajstić information content (AvgIpc) is 2.54. The highest BCUT2D eigenvalue weighted by atomic mass is 79.9. The summed E-state index contributed by atoms with van der Waals surface area (Å²) >= 11 is 3.56. The molecule has 108 valence electrons. The summed E-state index contributed by atoms with van der Waals surface area (Å²) in [6.45, 7) is 1.88. The summed E-state index contributed by atoms with van der Waals surface area (Å²) in [4.78, 5) is 14.9. The highest BCUT2D eigenvalue weighted by molar-refractivity contribution is 9.09. The number of piperidine rings is 1. The van der Waals surface area contributed by atoms with E-state index in [1.807, 2.05) is 0 Å². The summed E-state index contributed by atoms with van der Waals surface area (Å²) in [6.07, 6.45) is 5.59. The third kappa shape index (κ3) is 2.78. The van der Waals surface area contributed by atoms with E-state index in [2.05, 4.69) is 45.1 Å². The molecule has 1 aromatic carbocycles. The van der Waals surface area contributed by atoms with Crippen LogP contribution in [0.5, 0.6) is 0 Å². The number of halogens is 1. The van der Waals surface area contributed by atoms with Crippen molar-refractivity contribution in [3.05, 3.63) is 35.4 Å². The van der Waals surface area contributed by atoms with Crippen LogP contribution in [-0.2, 0) is 11.2 Å². The number of amides is 1. The van der Waals surface area contributed by atoms with E-state index in [1.54, 1.807) is 0 Å². The van der Waals surface area contributed by atoms with Crippen LogP contribution in [0.25, 0.3) is 0 Å². The van der Waals surface area contributed by atoms with Crippen molar-refractivity contribution in [1.82, 2.24) is 4.90 Å². The molecule has 2 aliphatic rings. The molecule has 1 aromatic rings. The number of alkyl halides is 1. The Bertz CT molecular complexity index is 480. The number of nitrogens with zero attached hydrogens (tertiary/aromatic N) is 1. The van der Waals surface area contributed by atoms with Crippen LogP contribution in [-0.4, -0.2) is 29.2 Å². The Morgan fingerprint density at radius 1 is 1.20 bits per heavy atom. The molecule has 20 heavy (non-hydrogen) atoms. The Morgan fingerprint density at radius 3 is 2.70 bits per heavy atom. The predicted molar refractivity (Wildman–Crippen MR) is 85.2 cm³/mol. The molecule has 1 amide bonds. The van der Waals surface area contributed by atoms with Crippen molar-refractivity contribution in [3.8, 4) is 0 Å². The fraction of sp³-hybridized carbons (Fsp3) is 0.588. The standard InChI is InChI=1S/C17H22BrNO/c18-12-13-8-10-19(11-9-13)17(20)16-7-3-5-14-4-1-2-6-15(14)16/h1-2,4,6,13,16H,3,5,7-12H2. The largest absolute Gasteiger partial charge is 0.342 e. The van der Waals surface area contributed by atoms with Gasteiger partial charge in [-0.25, -0.2) is 0 Å². The van der Waals surface area contributed by atoms with Gasteiger partial charge in [0.1, 0.15) is 0 Å². The zero-order valence-corrected chi connectivity index (χ0v) is 13.4. The van der Waals surface area contributed by atoms with Gasteiger partial charge in [-0.2, -0.15) is 0 Å². The molecule has 1 aliphatic heterocycles. The van der Waals surface area contributed by atoms with Crippen molar-refractivity contribution in [2.75, 3.05) is 18.4 Å². The fourth-order valence-corrected chi connectivity index (χ4v) is 4.19. The third-order valence-corrected chi connectivity index (χ3v) is 5.73. The minimum Gasteiger partial charge on any atom is -0.342 e. The molecule has 3 rings (SSSR count). The molecule has 1 unspecified atom stereocenters. The van der Waals surface area contributed by atoms with E-state index in [0.717, 1.165) is 56.4 Å². The first-order chi connectivity index (χ1) is 9.79. The van der Waals surface area contributed by atoms with Crippen LogP contribution in [0.2, 0.25) is 0 Å². The number of benzene rings is 1. The normalized spacial score (nSPS) is 23.4. The van der Waals surface area contributed by atoms with Crippen LogP contribution < -0.4 is 0 Å². The summed E-state index contributed by atoms with van der Waals surface area (Å²) in [5.41, 5.74) is 2.67. The second-order valence-electron chi connectivity index (χ2n) is 6.07. The number of rotatable bonds is 2. The van der Waals surface area contributed by atoms with Crippen LogP contribution in [0.3, 0.4) is 0 Å². The Labute approximate surface area is 129 Å². The second kappa shape index (κ2) is 6.30. The molecule has 0 radical (unpaired) electrons. The highest BCUT2D eigenvalue weighted by Crippen LogP contribution is 2.34. The molecule has 1 atom stereocenters. The number of hydrogen-bond acceptors (Lipinski definition) is 1. The fourth-order valence-electron chi connectivity index (χ4n) is 3.54. The first-order valence-electron chi connectivity index (χ1n) is 7.72. The molecule has 1 saturated heterocycles. The number of aryl methyl sites for hydroxylation is 1. The monoisotopic (exact) mass is 335 g/mol. The number of carbonyl (C=O) groups excluding carboxylic acids is 1. The summed E-state index contributed by atoms with van der Waals surface area (Å²) in [5.74, 6) is 1.23. The van der Waals surface area contributed by atoms with Gasteiger partial charge >= 0.3 is 0 Å². The molecule has 1 heterocycles. The van der Waals surface area contributed by atoms with Crippen molar-refractivity contribution in [2.45, 2.75) is 38.0 Å². The van der Waals surface area contributed by atoms with Gasteiger partial charge in [0, 0.05) is 18.4 Å². The molecule has 0 spiro atoms. The molecule has 0 N–H and O–H groups in total. The molecule has 3 heteroatoms. The average molecular weight is 336 g/mol. The van der Waals surface area contributed by atoms with Crippen molar-refractivity contribution in [1.29, 1.82) is 0 Å². The van der Waals surface area contributed by atoms with E-state index < -0.39 is 0 Å². The lowest BCUT2D eigenvalue weighted by molar-refractivity contribution is -0.134. The van der Waals surface area contributed by atoms with E-state index in [4.69, 9.17) is 0 Å². The van der Waals surface area contributed by atoms with Gasteiger partial charge in [-0.05, 0) is 49.1 Å². The van der Waals surface area contributed by atoms with E-state index in [9.17, 15) is 4.79 Å². The molecule has 0 aromatic heterocycles. The minimum atomic E-state index is 0.112. The Kier molecular flexibility index (Phi) is 4.45. The van der Waals surface area contributed by atoms with Crippen molar-refractivity contribution >= 4 is 21.8 Å². The van der Waals surface area contributed by atoms with Crippen molar-refractivity contribution in [2.24, 2.45) is 5.92 Å². The summed E-state index contributed by atoms with van der Waals surface area (Å²) in [6, 6.07) is 8.50. The minimum absolute atomic E-state index is 0.112. The maximum absolute atomic E-state index is 12.8. The van der Waals surface area contributed by atoms with E-state index in [0.29, 0.717) is 5.91 Å². The lowest BCUT2D eigenvalue weighted by atomic mass is 9.81. The predicted octanol–water partition coefficient (Wildman–Crippen LogP) is 3.74. The Hall–Kier alpha value is -0.830. The molecule has 1 aliphatic carbocycles. The van der Waals surface area contributed by atoms with Crippen LogP contribution in [0.1, 0.15) is 42.7 Å². The Balaban J connectivity index is 1.72. The zero-order valence-electron chi connectivity index (χ0n) is 11.9. The third-order valence-electron chi connectivity index (χ3n) is 4.81. The van der Waals surface area contributed by atoms with Crippen molar-refractivity contribution in [3.63, 3.8) is 0 Å². The van der Waals surface area contributed by atoms with Gasteiger partial charge in [0.15, 0.2) is 0 Å². The van der Waals surface area contributed by atoms with Gasteiger partial charge in [-0.1, -0.05) is 40.2 Å². The van der Waals surface area contributed by atoms with Gasteiger partial charge in [0.25, 0.3) is 0 Å². The maximum Gasteiger partial charge on any atom is 0.230 e. The summed E-state index contributed by atoms with van der Waals surface area (Å²) in [7, 11) is 0. The number of likely N-dealkylation sites (tertiary alicyclic amines) is 1. The van der Waals surface area contributed by atoms with Crippen LogP contribution in [0, 0.1) is 5.92 Å². The van der Waals surface area contributed by atoms with Gasteiger partial charge < -0.3 is 4.90 Å². The molecule has 0 saturated carbocycles. The van der Waals surface area contributed by atoms with E-state index in [1.165, 1.54) is 11.1 Å². The Morgan fingerprint density at radius 2 is 1.95 bits per heavy atom. The van der Waals surface area contributed by atoms with Crippen LogP contribution in [0.4, 0.5) is 0 Å². The van der Waals surface area contributed by atoms with Crippen molar-refractivity contribution < 1.29 is 4.79 Å². The first-order valence-corrected chi connectivity index (χ1v) is 8.84. The second-order valence-corrected chi connectivity index (χ2v) is 6.71. The molecular weight excluding hydrogens is 314 g/mol. The van der Waals surface area contributed by atoms with Crippen LogP contribution >= 0.6 is 15.9 Å². The number of hydrogen-bond donors (Lipinski definition) is 0. The zero-order chi connectivity index (χ0) is 13.9. The maximum atomic E-state index is 12.8. The van der Waals surface area contributed by atoms with Gasteiger partial charge in [-0.15, -0.1) is 0 Å². The topological polar surface area (TPSA) is 20.3 Å². The quantitative estimate of drug-likeness (QED) is 0.754. The number of carbonyl (C=O) groups is 1. The number of fused-ring (bicyclic) bond motifs is 1. The molecule has 2 nitrogen and oxygen atoms in total.